The minimum absolute atomic E-state index is 0.0866. The lowest BCUT2D eigenvalue weighted by Crippen LogP contribution is -2.49. The van der Waals surface area contributed by atoms with Crippen LogP contribution in [0.1, 0.15) is 18.4 Å². The molecule has 1 fully saturated rings. The third-order valence-corrected chi connectivity index (χ3v) is 3.72. The van der Waals surface area contributed by atoms with Crippen LogP contribution in [0.5, 0.6) is 0 Å². The van der Waals surface area contributed by atoms with Crippen molar-refractivity contribution >= 4 is 11.6 Å². The summed E-state index contributed by atoms with van der Waals surface area (Å²) in [5, 5.41) is 5.16. The molecule has 7 heteroatoms. The Balaban J connectivity index is 1.95. The zero-order valence-electron chi connectivity index (χ0n) is 11.4. The van der Waals surface area contributed by atoms with Gasteiger partial charge in [-0.05, 0) is 31.9 Å². The van der Waals surface area contributed by atoms with Crippen LogP contribution in [0.3, 0.4) is 0 Å². The van der Waals surface area contributed by atoms with Crippen LogP contribution in [0, 0.1) is 18.7 Å². The van der Waals surface area contributed by atoms with Crippen molar-refractivity contribution in [3.05, 3.63) is 29.6 Å². The van der Waals surface area contributed by atoms with Crippen molar-refractivity contribution in [3.8, 4) is 0 Å². The van der Waals surface area contributed by atoms with Gasteiger partial charge in [-0.15, -0.1) is 0 Å². The minimum atomic E-state index is -4.24. The molecule has 0 radical (unpaired) electrons. The van der Waals surface area contributed by atoms with Crippen LogP contribution in [0.2, 0.25) is 0 Å². The molecule has 2 N–H and O–H groups in total. The first-order valence-corrected chi connectivity index (χ1v) is 6.65. The molecule has 1 aliphatic heterocycles. The molecule has 1 amide bonds. The van der Waals surface area contributed by atoms with Gasteiger partial charge < -0.3 is 10.6 Å². The number of hydrogen-bond donors (Lipinski definition) is 2. The summed E-state index contributed by atoms with van der Waals surface area (Å²) in [6.07, 6.45) is -4.23. The topological polar surface area (TPSA) is 41.1 Å². The Morgan fingerprint density at radius 1 is 1.33 bits per heavy atom. The smallest absolute Gasteiger partial charge is 0.324 e. The lowest BCUT2D eigenvalue weighted by Gasteiger charge is -2.30. The molecule has 2 unspecified atom stereocenters. The van der Waals surface area contributed by atoms with Crippen LogP contribution in [-0.2, 0) is 4.79 Å². The number of alkyl halides is 3. The van der Waals surface area contributed by atoms with Crippen molar-refractivity contribution in [2.24, 2.45) is 5.92 Å². The quantitative estimate of drug-likeness (QED) is 0.825. The Morgan fingerprint density at radius 2 is 2.05 bits per heavy atom. The first-order valence-electron chi connectivity index (χ1n) is 6.65. The van der Waals surface area contributed by atoms with E-state index in [2.05, 4.69) is 10.6 Å². The van der Waals surface area contributed by atoms with Crippen molar-refractivity contribution in [1.29, 1.82) is 0 Å². The van der Waals surface area contributed by atoms with E-state index in [0.29, 0.717) is 11.3 Å². The van der Waals surface area contributed by atoms with Gasteiger partial charge in [0.25, 0.3) is 0 Å². The highest BCUT2D eigenvalue weighted by Crippen LogP contribution is 2.32. The largest absolute Gasteiger partial charge is 0.393 e. The first kappa shape index (κ1) is 15.8. The van der Waals surface area contributed by atoms with Gasteiger partial charge in [0.2, 0.25) is 5.91 Å². The normalized spacial score (nSPS) is 22.9. The van der Waals surface area contributed by atoms with E-state index in [1.165, 1.54) is 19.1 Å². The monoisotopic (exact) mass is 304 g/mol. The van der Waals surface area contributed by atoms with E-state index in [1.54, 1.807) is 6.07 Å². The van der Waals surface area contributed by atoms with Crippen molar-refractivity contribution in [3.63, 3.8) is 0 Å². The second-order valence-electron chi connectivity index (χ2n) is 5.18. The van der Waals surface area contributed by atoms with Gasteiger partial charge >= 0.3 is 6.18 Å². The summed E-state index contributed by atoms with van der Waals surface area (Å²) in [5.41, 5.74) is 0.634. The molecule has 1 aromatic rings. The van der Waals surface area contributed by atoms with Gasteiger partial charge in [-0.2, -0.15) is 13.2 Å². The maximum Gasteiger partial charge on any atom is 0.393 e. The number of rotatable bonds is 2. The van der Waals surface area contributed by atoms with Gasteiger partial charge in [-0.1, -0.05) is 6.07 Å². The van der Waals surface area contributed by atoms with Crippen LogP contribution < -0.4 is 10.6 Å². The van der Waals surface area contributed by atoms with Gasteiger partial charge in [-0.25, -0.2) is 4.39 Å². The fourth-order valence-corrected chi connectivity index (χ4v) is 2.32. The molecule has 0 aromatic heterocycles. The molecule has 1 saturated heterocycles. The molecule has 3 nitrogen and oxygen atoms in total. The molecule has 2 atom stereocenters. The zero-order chi connectivity index (χ0) is 15.6. The minimum Gasteiger partial charge on any atom is -0.324 e. The Hall–Kier alpha value is -1.63. The summed E-state index contributed by atoms with van der Waals surface area (Å²) in [5.74, 6) is -2.30. The Labute approximate surface area is 119 Å². The van der Waals surface area contributed by atoms with Crippen LogP contribution in [0.25, 0.3) is 0 Å². The zero-order valence-corrected chi connectivity index (χ0v) is 11.4. The predicted octanol–water partition coefficient (Wildman–Crippen LogP) is 3.00. The van der Waals surface area contributed by atoms with Gasteiger partial charge in [0.15, 0.2) is 0 Å². The van der Waals surface area contributed by atoms with Crippen molar-refractivity contribution in [1.82, 2.24) is 5.32 Å². The first-order chi connectivity index (χ1) is 9.79. The van der Waals surface area contributed by atoms with E-state index >= 15 is 0 Å². The second kappa shape index (κ2) is 6.01. The number of carbonyl (C=O) groups is 1. The van der Waals surface area contributed by atoms with E-state index < -0.39 is 29.9 Å². The highest BCUT2D eigenvalue weighted by Gasteiger charge is 2.42. The molecule has 0 spiro atoms. The third kappa shape index (κ3) is 3.72. The summed E-state index contributed by atoms with van der Waals surface area (Å²) < 4.78 is 51.0. The van der Waals surface area contributed by atoms with Crippen LogP contribution in [-0.4, -0.2) is 24.7 Å². The number of hydrogen-bond acceptors (Lipinski definition) is 2. The number of anilines is 1. The van der Waals surface area contributed by atoms with Crippen LogP contribution in [0.15, 0.2) is 18.2 Å². The molecule has 2 rings (SSSR count). The number of amides is 1. The lowest BCUT2D eigenvalue weighted by molar-refractivity contribution is -0.180. The fourth-order valence-electron chi connectivity index (χ4n) is 2.32. The van der Waals surface area contributed by atoms with E-state index in [4.69, 9.17) is 0 Å². The van der Waals surface area contributed by atoms with Gasteiger partial charge in [0.1, 0.15) is 5.82 Å². The molecule has 1 aromatic carbocycles. The molecule has 0 aliphatic carbocycles. The standard InChI is InChI=1S/C14H16F4N2O/c1-8-10(15)3-2-4-11(8)20-13(21)12-6-5-9(7-19-12)14(16,17)18/h2-4,9,12,19H,5-7H2,1H3,(H,20,21). The summed E-state index contributed by atoms with van der Waals surface area (Å²) >= 11 is 0. The SMILES string of the molecule is Cc1c(F)cccc1NC(=O)C1CCC(C(F)(F)F)CN1. The second-order valence-corrected chi connectivity index (χ2v) is 5.18. The summed E-state index contributed by atoms with van der Waals surface area (Å²) in [4.78, 5) is 12.0. The van der Waals surface area contributed by atoms with Gasteiger partial charge in [0, 0.05) is 17.8 Å². The molecular weight excluding hydrogens is 288 g/mol. The van der Waals surface area contributed by atoms with Gasteiger partial charge in [0.05, 0.1) is 12.0 Å². The van der Waals surface area contributed by atoms with E-state index in [0.717, 1.165) is 0 Å². The average Bonchev–Trinajstić information content (AvgIpc) is 2.43. The summed E-state index contributed by atoms with van der Waals surface area (Å²) in [6.45, 7) is 1.25. The maximum atomic E-state index is 13.4. The van der Waals surface area contributed by atoms with Crippen LogP contribution in [0.4, 0.5) is 23.2 Å². The Kier molecular flexibility index (Phi) is 4.51. The van der Waals surface area contributed by atoms with Gasteiger partial charge in [-0.3, -0.25) is 4.79 Å². The molecule has 1 aliphatic rings. The Morgan fingerprint density at radius 3 is 2.62 bits per heavy atom. The highest BCUT2D eigenvalue weighted by molar-refractivity contribution is 5.95. The molecule has 21 heavy (non-hydrogen) atoms. The lowest BCUT2D eigenvalue weighted by atomic mass is 9.94. The van der Waals surface area contributed by atoms with Crippen molar-refractivity contribution in [2.45, 2.75) is 32.0 Å². The number of halogens is 4. The Bertz CT molecular complexity index is 522. The fraction of sp³-hybridized carbons (Fsp3) is 0.500. The van der Waals surface area contributed by atoms with E-state index in [1.807, 2.05) is 0 Å². The number of piperidine rings is 1. The molecule has 1 heterocycles. The highest BCUT2D eigenvalue weighted by atomic mass is 19.4. The number of nitrogens with one attached hydrogen (secondary N) is 2. The number of benzene rings is 1. The van der Waals surface area contributed by atoms with Crippen molar-refractivity contribution in [2.75, 3.05) is 11.9 Å². The molecule has 0 bridgehead atoms. The van der Waals surface area contributed by atoms with E-state index in [9.17, 15) is 22.4 Å². The predicted molar refractivity (Wildman–Crippen MR) is 70.3 cm³/mol. The molecule has 0 saturated carbocycles. The summed E-state index contributed by atoms with van der Waals surface area (Å²) in [7, 11) is 0. The maximum absolute atomic E-state index is 13.4. The van der Waals surface area contributed by atoms with E-state index in [-0.39, 0.29) is 19.4 Å². The molecular formula is C14H16F4N2O. The van der Waals surface area contributed by atoms with Crippen LogP contribution >= 0.6 is 0 Å². The average molecular weight is 304 g/mol. The van der Waals surface area contributed by atoms with Crippen molar-refractivity contribution < 1.29 is 22.4 Å². The third-order valence-electron chi connectivity index (χ3n) is 3.72. The number of carbonyl (C=O) groups excluding carboxylic acids is 1. The molecule has 116 valence electrons. The summed E-state index contributed by atoms with van der Waals surface area (Å²) in [6, 6.07) is 3.60.